The molecule has 1 saturated heterocycles. The number of carbonyl (C=O) groups is 2. The van der Waals surface area contributed by atoms with E-state index in [9.17, 15) is 14.0 Å². The third kappa shape index (κ3) is 4.87. The molecule has 2 aromatic rings. The number of ether oxygens (including phenoxy) is 2. The second-order valence-electron chi connectivity index (χ2n) is 8.73. The summed E-state index contributed by atoms with van der Waals surface area (Å²) in [5.41, 5.74) is 1.40. The average Bonchev–Trinajstić information content (AvgIpc) is 2.82. The van der Waals surface area contributed by atoms with E-state index in [1.54, 1.807) is 4.90 Å². The van der Waals surface area contributed by atoms with Crippen LogP contribution in [0.5, 0.6) is 11.5 Å². The number of piperidine rings is 1. The van der Waals surface area contributed by atoms with Crippen LogP contribution in [0, 0.1) is 17.7 Å². The van der Waals surface area contributed by atoms with E-state index < -0.39 is 0 Å². The Balaban J connectivity index is 1.44. The Hall–Kier alpha value is -3.09. The summed E-state index contributed by atoms with van der Waals surface area (Å²) < 4.78 is 24.5. The molecule has 0 saturated carbocycles. The van der Waals surface area contributed by atoms with Gasteiger partial charge in [-0.3, -0.25) is 9.59 Å². The molecule has 7 heteroatoms. The molecule has 0 radical (unpaired) electrons. The largest absolute Gasteiger partial charge is 0.486 e. The molecule has 2 aliphatic rings. The lowest BCUT2D eigenvalue weighted by Gasteiger charge is -2.34. The van der Waals surface area contributed by atoms with E-state index in [4.69, 9.17) is 9.47 Å². The molecule has 0 aliphatic carbocycles. The number of nitrogens with one attached hydrogen (secondary N) is 1. The molecule has 1 N–H and O–H groups in total. The van der Waals surface area contributed by atoms with Crippen molar-refractivity contribution >= 4 is 11.8 Å². The lowest BCUT2D eigenvalue weighted by molar-refractivity contribution is -0.127. The van der Waals surface area contributed by atoms with Crippen molar-refractivity contribution in [3.05, 3.63) is 59.4 Å². The first-order chi connectivity index (χ1) is 15.4. The molecule has 4 rings (SSSR count). The minimum Gasteiger partial charge on any atom is -0.486 e. The first-order valence-electron chi connectivity index (χ1n) is 11.2. The highest BCUT2D eigenvalue weighted by Crippen LogP contribution is 2.34. The maximum atomic E-state index is 13.2. The fourth-order valence-corrected chi connectivity index (χ4v) is 4.31. The Morgan fingerprint density at radius 2 is 1.78 bits per heavy atom. The van der Waals surface area contributed by atoms with Crippen molar-refractivity contribution in [2.75, 3.05) is 26.3 Å². The van der Waals surface area contributed by atoms with Crippen LogP contribution >= 0.6 is 0 Å². The van der Waals surface area contributed by atoms with Crippen LogP contribution in [0.3, 0.4) is 0 Å². The molecule has 0 spiro atoms. The molecule has 2 aliphatic heterocycles. The lowest BCUT2D eigenvalue weighted by atomic mass is 9.92. The van der Waals surface area contributed by atoms with Gasteiger partial charge < -0.3 is 19.7 Å². The van der Waals surface area contributed by atoms with Crippen LogP contribution in [0.1, 0.15) is 48.7 Å². The first kappa shape index (κ1) is 22.1. The number of carbonyl (C=O) groups excluding carboxylic acids is 2. The molecule has 2 heterocycles. The van der Waals surface area contributed by atoms with Crippen LogP contribution in [-0.2, 0) is 4.79 Å². The summed E-state index contributed by atoms with van der Waals surface area (Å²) >= 11 is 0. The summed E-state index contributed by atoms with van der Waals surface area (Å²) in [4.78, 5) is 27.7. The summed E-state index contributed by atoms with van der Waals surface area (Å²) in [7, 11) is 0. The van der Waals surface area contributed by atoms with E-state index >= 15 is 0 Å². The van der Waals surface area contributed by atoms with Crippen molar-refractivity contribution in [1.82, 2.24) is 10.2 Å². The summed E-state index contributed by atoms with van der Waals surface area (Å²) in [6.07, 6.45) is 1.48. The summed E-state index contributed by atoms with van der Waals surface area (Å²) in [6, 6.07) is 11.1. The van der Waals surface area contributed by atoms with Gasteiger partial charge >= 0.3 is 0 Å². The molecule has 2 unspecified atom stereocenters. The standard InChI is InChI=1S/C25H29FN2O4/c1-16(2)23(18-7-10-21-22(14-18)32-13-12-31-21)27-24(29)19-4-3-11-28(15-19)25(30)17-5-8-20(26)9-6-17/h5-10,14,16,19,23H,3-4,11-13,15H2,1-2H3,(H,27,29). The van der Waals surface area contributed by atoms with Crippen molar-refractivity contribution in [1.29, 1.82) is 0 Å². The maximum absolute atomic E-state index is 13.2. The van der Waals surface area contributed by atoms with Gasteiger partial charge in [-0.15, -0.1) is 0 Å². The molecule has 2 aromatic carbocycles. The van der Waals surface area contributed by atoms with E-state index in [0.29, 0.717) is 37.6 Å². The SMILES string of the molecule is CC(C)C(NC(=O)C1CCCN(C(=O)c2ccc(F)cc2)C1)c1ccc2c(c1)OCCO2. The Kier molecular flexibility index (Phi) is 6.63. The molecule has 6 nitrogen and oxygen atoms in total. The van der Waals surface area contributed by atoms with E-state index in [1.807, 2.05) is 18.2 Å². The number of fused-ring (bicyclic) bond motifs is 1. The van der Waals surface area contributed by atoms with Crippen LogP contribution in [0.25, 0.3) is 0 Å². The van der Waals surface area contributed by atoms with E-state index in [0.717, 1.165) is 24.2 Å². The molecular weight excluding hydrogens is 411 g/mol. The highest BCUT2D eigenvalue weighted by molar-refractivity contribution is 5.94. The van der Waals surface area contributed by atoms with Crippen molar-refractivity contribution in [2.24, 2.45) is 11.8 Å². The summed E-state index contributed by atoms with van der Waals surface area (Å²) in [5.74, 6) is 0.688. The van der Waals surface area contributed by atoms with Crippen molar-refractivity contribution in [2.45, 2.75) is 32.7 Å². The molecule has 32 heavy (non-hydrogen) atoms. The van der Waals surface area contributed by atoms with Gasteiger partial charge in [-0.05, 0) is 60.7 Å². The molecule has 2 amide bonds. The quantitative estimate of drug-likeness (QED) is 0.764. The van der Waals surface area contributed by atoms with Crippen molar-refractivity contribution < 1.29 is 23.5 Å². The second kappa shape index (κ2) is 9.59. The van der Waals surface area contributed by atoms with Crippen LogP contribution in [0.2, 0.25) is 0 Å². The first-order valence-corrected chi connectivity index (χ1v) is 11.2. The molecule has 2 atom stereocenters. The van der Waals surface area contributed by atoms with Gasteiger partial charge in [-0.1, -0.05) is 19.9 Å². The Morgan fingerprint density at radius 3 is 2.50 bits per heavy atom. The molecule has 170 valence electrons. The van der Waals surface area contributed by atoms with Gasteiger partial charge in [0.15, 0.2) is 11.5 Å². The maximum Gasteiger partial charge on any atom is 0.253 e. The van der Waals surface area contributed by atoms with Crippen molar-refractivity contribution in [3.8, 4) is 11.5 Å². The number of likely N-dealkylation sites (tertiary alicyclic amines) is 1. The number of amides is 2. The predicted octanol–water partition coefficient (Wildman–Crippen LogP) is 3.96. The van der Waals surface area contributed by atoms with Crippen molar-refractivity contribution in [3.63, 3.8) is 0 Å². The highest BCUT2D eigenvalue weighted by Gasteiger charge is 2.31. The number of hydrogen-bond donors (Lipinski definition) is 1. The Morgan fingerprint density at radius 1 is 1.06 bits per heavy atom. The zero-order valence-electron chi connectivity index (χ0n) is 18.5. The van der Waals surface area contributed by atoms with E-state index in [-0.39, 0.29) is 35.5 Å². The van der Waals surface area contributed by atoms with Gasteiger partial charge in [0.1, 0.15) is 19.0 Å². The fraction of sp³-hybridized carbons (Fsp3) is 0.440. The Bertz CT molecular complexity index is 976. The Labute approximate surface area is 187 Å². The topological polar surface area (TPSA) is 67.9 Å². The smallest absolute Gasteiger partial charge is 0.253 e. The predicted molar refractivity (Wildman–Crippen MR) is 118 cm³/mol. The summed E-state index contributed by atoms with van der Waals surface area (Å²) in [5, 5.41) is 3.19. The van der Waals surface area contributed by atoms with Crippen LogP contribution in [-0.4, -0.2) is 43.0 Å². The van der Waals surface area contributed by atoms with E-state index in [2.05, 4.69) is 19.2 Å². The van der Waals surface area contributed by atoms with Gasteiger partial charge in [0, 0.05) is 18.7 Å². The second-order valence-corrected chi connectivity index (χ2v) is 8.73. The zero-order chi connectivity index (χ0) is 22.7. The van der Waals surface area contributed by atoms with Crippen LogP contribution in [0.15, 0.2) is 42.5 Å². The lowest BCUT2D eigenvalue weighted by Crippen LogP contribution is -2.46. The van der Waals surface area contributed by atoms with Gasteiger partial charge in [-0.25, -0.2) is 4.39 Å². The monoisotopic (exact) mass is 440 g/mol. The number of halogens is 1. The molecule has 1 fully saturated rings. The molecular formula is C25H29FN2O4. The fourth-order valence-electron chi connectivity index (χ4n) is 4.31. The van der Waals surface area contributed by atoms with Gasteiger partial charge in [-0.2, -0.15) is 0 Å². The zero-order valence-corrected chi connectivity index (χ0v) is 18.5. The molecule has 0 bridgehead atoms. The third-order valence-corrected chi connectivity index (χ3v) is 6.06. The van der Waals surface area contributed by atoms with Gasteiger partial charge in [0.25, 0.3) is 5.91 Å². The van der Waals surface area contributed by atoms with Crippen LogP contribution < -0.4 is 14.8 Å². The number of hydrogen-bond acceptors (Lipinski definition) is 4. The highest BCUT2D eigenvalue weighted by atomic mass is 19.1. The molecule has 0 aromatic heterocycles. The average molecular weight is 441 g/mol. The number of rotatable bonds is 5. The van der Waals surface area contributed by atoms with Crippen LogP contribution in [0.4, 0.5) is 4.39 Å². The minimum atomic E-state index is -0.378. The summed E-state index contributed by atoms with van der Waals surface area (Å²) in [6.45, 7) is 6.12. The van der Waals surface area contributed by atoms with Gasteiger partial charge in [0.2, 0.25) is 5.91 Å². The number of benzene rings is 2. The minimum absolute atomic E-state index is 0.0600. The van der Waals surface area contributed by atoms with E-state index in [1.165, 1.54) is 24.3 Å². The number of nitrogens with zero attached hydrogens (tertiary/aromatic N) is 1. The third-order valence-electron chi connectivity index (χ3n) is 6.06. The normalized spacial score (nSPS) is 18.9. The van der Waals surface area contributed by atoms with Gasteiger partial charge in [0.05, 0.1) is 12.0 Å².